The topological polar surface area (TPSA) is 69.9 Å². The zero-order valence-electron chi connectivity index (χ0n) is 17.1. The maximum absolute atomic E-state index is 12.6. The van der Waals surface area contributed by atoms with Gasteiger partial charge in [0, 0.05) is 57.6 Å². The molecule has 0 N–H and O–H groups in total. The number of nitro groups is 1. The van der Waals surface area contributed by atoms with E-state index in [-0.39, 0.29) is 16.5 Å². The van der Waals surface area contributed by atoms with Gasteiger partial charge in [-0.05, 0) is 29.7 Å². The van der Waals surface area contributed by atoms with Crippen LogP contribution in [0.25, 0.3) is 0 Å². The highest BCUT2D eigenvalue weighted by Gasteiger charge is 2.21. The van der Waals surface area contributed by atoms with Crippen LogP contribution in [-0.2, 0) is 17.8 Å². The molecule has 1 aliphatic heterocycles. The second-order valence-electron chi connectivity index (χ2n) is 7.46. The Kier molecular flexibility index (Phi) is 6.82. The number of benzene rings is 2. The van der Waals surface area contributed by atoms with Gasteiger partial charge in [-0.1, -0.05) is 31.2 Å². The van der Waals surface area contributed by atoms with Crippen molar-refractivity contribution in [3.05, 3.63) is 69.8 Å². The molecular formula is C22H28N4O3. The molecule has 2 aromatic carbocycles. The van der Waals surface area contributed by atoms with Crippen molar-refractivity contribution in [3.63, 3.8) is 0 Å². The third-order valence-electron chi connectivity index (χ3n) is 5.43. The number of likely N-dealkylation sites (N-methyl/N-ethyl adjacent to an activating group) is 1. The number of non-ortho nitro benzene ring substituents is 1. The predicted octanol–water partition coefficient (Wildman–Crippen LogP) is 2.94. The monoisotopic (exact) mass is 396 g/mol. The maximum atomic E-state index is 12.6. The highest BCUT2D eigenvalue weighted by molar-refractivity contribution is 5.78. The second-order valence-corrected chi connectivity index (χ2v) is 7.46. The lowest BCUT2D eigenvalue weighted by atomic mass is 10.1. The quantitative estimate of drug-likeness (QED) is 0.532. The van der Waals surface area contributed by atoms with E-state index in [1.54, 1.807) is 17.0 Å². The number of hydrogen-bond acceptors (Lipinski definition) is 5. The molecule has 1 amide bonds. The first-order valence-electron chi connectivity index (χ1n) is 10.00. The number of nitro benzene ring substituents is 1. The first-order chi connectivity index (χ1) is 14.0. The molecule has 3 rings (SSSR count). The van der Waals surface area contributed by atoms with Gasteiger partial charge in [-0.2, -0.15) is 0 Å². The third-order valence-corrected chi connectivity index (χ3v) is 5.43. The average molecular weight is 396 g/mol. The summed E-state index contributed by atoms with van der Waals surface area (Å²) in [5.41, 5.74) is 3.52. The van der Waals surface area contributed by atoms with Crippen molar-refractivity contribution in [2.45, 2.75) is 19.9 Å². The number of anilines is 1. The second kappa shape index (κ2) is 9.52. The van der Waals surface area contributed by atoms with Crippen LogP contribution < -0.4 is 4.90 Å². The van der Waals surface area contributed by atoms with Gasteiger partial charge < -0.3 is 9.80 Å². The van der Waals surface area contributed by atoms with Gasteiger partial charge in [0.1, 0.15) is 0 Å². The van der Waals surface area contributed by atoms with Crippen LogP contribution in [0.3, 0.4) is 0 Å². The van der Waals surface area contributed by atoms with Crippen molar-refractivity contribution in [2.24, 2.45) is 0 Å². The van der Waals surface area contributed by atoms with Gasteiger partial charge in [-0.3, -0.25) is 19.8 Å². The van der Waals surface area contributed by atoms with Gasteiger partial charge in [0.15, 0.2) is 0 Å². The van der Waals surface area contributed by atoms with E-state index in [0.29, 0.717) is 13.1 Å². The molecule has 0 aromatic heterocycles. The van der Waals surface area contributed by atoms with Crippen molar-refractivity contribution in [3.8, 4) is 0 Å². The van der Waals surface area contributed by atoms with E-state index in [4.69, 9.17) is 0 Å². The number of carbonyl (C=O) groups excluding carboxylic acids is 1. The van der Waals surface area contributed by atoms with Gasteiger partial charge in [-0.25, -0.2) is 0 Å². The molecule has 0 atom stereocenters. The van der Waals surface area contributed by atoms with Crippen molar-refractivity contribution in [1.29, 1.82) is 0 Å². The first kappa shape index (κ1) is 20.8. The molecule has 0 bridgehead atoms. The Balaban J connectivity index is 1.46. The molecular weight excluding hydrogens is 368 g/mol. The minimum absolute atomic E-state index is 0.102. The van der Waals surface area contributed by atoms with Gasteiger partial charge in [0.25, 0.3) is 5.69 Å². The van der Waals surface area contributed by atoms with E-state index in [0.717, 1.165) is 43.9 Å². The standard InChI is InChI=1S/C22H28N4O3/c1-3-18-4-6-19(7-5-18)16-23(2)22(27)17-24-12-14-25(15-13-24)20-8-10-21(11-9-20)26(28)29/h4-11H,3,12-17H2,1-2H3. The van der Waals surface area contributed by atoms with Crippen LogP contribution in [0.1, 0.15) is 18.1 Å². The summed E-state index contributed by atoms with van der Waals surface area (Å²) in [5, 5.41) is 10.8. The van der Waals surface area contributed by atoms with Gasteiger partial charge >= 0.3 is 0 Å². The molecule has 0 aliphatic carbocycles. The van der Waals surface area contributed by atoms with Crippen molar-refractivity contribution >= 4 is 17.3 Å². The highest BCUT2D eigenvalue weighted by atomic mass is 16.6. The molecule has 0 radical (unpaired) electrons. The van der Waals surface area contributed by atoms with Gasteiger partial charge in [0.05, 0.1) is 11.5 Å². The minimum Gasteiger partial charge on any atom is -0.369 e. The molecule has 2 aromatic rings. The zero-order valence-corrected chi connectivity index (χ0v) is 17.1. The van der Waals surface area contributed by atoms with Crippen LogP contribution in [0.2, 0.25) is 0 Å². The summed E-state index contributed by atoms with van der Waals surface area (Å²) in [6, 6.07) is 15.1. The normalized spacial score (nSPS) is 14.6. The van der Waals surface area contributed by atoms with E-state index in [2.05, 4.69) is 41.0 Å². The molecule has 7 heteroatoms. The van der Waals surface area contributed by atoms with Crippen molar-refractivity contribution < 1.29 is 9.72 Å². The maximum Gasteiger partial charge on any atom is 0.269 e. The smallest absolute Gasteiger partial charge is 0.269 e. The molecule has 1 heterocycles. The summed E-state index contributed by atoms with van der Waals surface area (Å²) >= 11 is 0. The summed E-state index contributed by atoms with van der Waals surface area (Å²) in [6.07, 6.45) is 1.01. The number of amides is 1. The summed E-state index contributed by atoms with van der Waals surface area (Å²) in [4.78, 5) is 29.1. The Hall–Kier alpha value is -2.93. The lowest BCUT2D eigenvalue weighted by molar-refractivity contribution is -0.384. The lowest BCUT2D eigenvalue weighted by Gasteiger charge is -2.36. The largest absolute Gasteiger partial charge is 0.369 e. The molecule has 0 spiro atoms. The van der Waals surface area contributed by atoms with Crippen LogP contribution in [0.4, 0.5) is 11.4 Å². The van der Waals surface area contributed by atoms with Crippen LogP contribution >= 0.6 is 0 Å². The Morgan fingerprint density at radius 2 is 1.59 bits per heavy atom. The van der Waals surface area contributed by atoms with Crippen LogP contribution in [0.15, 0.2) is 48.5 Å². The Morgan fingerprint density at radius 1 is 1.00 bits per heavy atom. The molecule has 1 saturated heterocycles. The fourth-order valence-corrected chi connectivity index (χ4v) is 3.50. The number of nitrogens with zero attached hydrogens (tertiary/aromatic N) is 4. The molecule has 7 nitrogen and oxygen atoms in total. The van der Waals surface area contributed by atoms with E-state index in [9.17, 15) is 14.9 Å². The summed E-state index contributed by atoms with van der Waals surface area (Å²) in [6.45, 7) is 6.35. The van der Waals surface area contributed by atoms with Crippen LogP contribution in [0.5, 0.6) is 0 Å². The number of aryl methyl sites for hydroxylation is 1. The predicted molar refractivity (Wildman–Crippen MR) is 114 cm³/mol. The van der Waals surface area contributed by atoms with Gasteiger partial charge in [0.2, 0.25) is 5.91 Å². The zero-order chi connectivity index (χ0) is 20.8. The van der Waals surface area contributed by atoms with Crippen LogP contribution in [-0.4, -0.2) is 60.4 Å². The molecule has 0 saturated carbocycles. The van der Waals surface area contributed by atoms with E-state index in [1.165, 1.54) is 17.7 Å². The van der Waals surface area contributed by atoms with E-state index in [1.807, 2.05) is 7.05 Å². The Labute approximate surface area is 171 Å². The van der Waals surface area contributed by atoms with Crippen molar-refractivity contribution in [1.82, 2.24) is 9.80 Å². The number of piperazine rings is 1. The molecule has 1 fully saturated rings. The fraction of sp³-hybridized carbons (Fsp3) is 0.409. The highest BCUT2D eigenvalue weighted by Crippen LogP contribution is 2.20. The van der Waals surface area contributed by atoms with Crippen molar-refractivity contribution in [2.75, 3.05) is 44.7 Å². The molecule has 154 valence electrons. The van der Waals surface area contributed by atoms with Crippen LogP contribution in [0, 0.1) is 10.1 Å². The number of carbonyl (C=O) groups is 1. The SMILES string of the molecule is CCc1ccc(CN(C)C(=O)CN2CCN(c3ccc([N+](=O)[O-])cc3)CC2)cc1. The molecule has 0 unspecified atom stereocenters. The third kappa shape index (κ3) is 5.54. The summed E-state index contributed by atoms with van der Waals surface area (Å²) in [5.74, 6) is 0.119. The van der Waals surface area contributed by atoms with E-state index < -0.39 is 0 Å². The summed E-state index contributed by atoms with van der Waals surface area (Å²) < 4.78 is 0. The first-order valence-corrected chi connectivity index (χ1v) is 10.00. The fourth-order valence-electron chi connectivity index (χ4n) is 3.50. The molecule has 29 heavy (non-hydrogen) atoms. The lowest BCUT2D eigenvalue weighted by Crippen LogP contribution is -2.49. The number of hydrogen-bond donors (Lipinski definition) is 0. The Morgan fingerprint density at radius 3 is 2.14 bits per heavy atom. The Bertz CT molecular complexity index is 828. The minimum atomic E-state index is -0.387. The average Bonchev–Trinajstić information content (AvgIpc) is 2.75. The number of rotatable bonds is 7. The molecule has 1 aliphatic rings. The van der Waals surface area contributed by atoms with E-state index >= 15 is 0 Å². The van der Waals surface area contributed by atoms with Gasteiger partial charge in [-0.15, -0.1) is 0 Å². The summed E-state index contributed by atoms with van der Waals surface area (Å²) in [7, 11) is 1.85.